The van der Waals surface area contributed by atoms with Crippen molar-refractivity contribution >= 4 is 16.8 Å². The minimum Gasteiger partial charge on any atom is -0.489 e. The van der Waals surface area contributed by atoms with Crippen molar-refractivity contribution in [1.29, 1.82) is 0 Å². The van der Waals surface area contributed by atoms with Crippen LogP contribution in [0.25, 0.3) is 10.9 Å². The number of amides is 1. The molecule has 8 heteroatoms. The minimum atomic E-state index is -0.628. The van der Waals surface area contributed by atoms with Crippen LogP contribution in [-0.2, 0) is 11.3 Å². The van der Waals surface area contributed by atoms with Crippen molar-refractivity contribution in [2.45, 2.75) is 12.6 Å². The fourth-order valence-electron chi connectivity index (χ4n) is 3.88. The largest absolute Gasteiger partial charge is 0.489 e. The Morgan fingerprint density at radius 2 is 1.91 bits per heavy atom. The van der Waals surface area contributed by atoms with Gasteiger partial charge in [0.1, 0.15) is 24.0 Å². The van der Waals surface area contributed by atoms with Gasteiger partial charge in [-0.1, -0.05) is 42.5 Å². The van der Waals surface area contributed by atoms with Crippen LogP contribution in [0, 0.1) is 0 Å². The standard InChI is InChI=1S/C24H30N4O4/c1-26(2)24(30)22-20-9-6-10-21(32-17-19(29)16-27-11-13-31-14-12-27)23(20)28(25-22)15-18-7-4-3-5-8-18/h3-10,19,29H,11-17H2,1-2H3. The fraction of sp³-hybridized carbons (Fsp3) is 0.417. The van der Waals surface area contributed by atoms with Gasteiger partial charge >= 0.3 is 0 Å². The van der Waals surface area contributed by atoms with Crippen molar-refractivity contribution in [2.24, 2.45) is 0 Å². The highest BCUT2D eigenvalue weighted by Gasteiger charge is 2.22. The molecule has 0 spiro atoms. The topological polar surface area (TPSA) is 80.1 Å². The molecule has 3 aromatic rings. The average molecular weight is 439 g/mol. The molecular formula is C24H30N4O4. The molecule has 1 fully saturated rings. The van der Waals surface area contributed by atoms with Crippen LogP contribution < -0.4 is 4.74 Å². The highest BCUT2D eigenvalue weighted by Crippen LogP contribution is 2.29. The van der Waals surface area contributed by atoms with Gasteiger partial charge in [-0.05, 0) is 11.6 Å². The van der Waals surface area contributed by atoms with Crippen LogP contribution in [0.5, 0.6) is 5.75 Å². The third-order valence-corrected chi connectivity index (χ3v) is 5.52. The van der Waals surface area contributed by atoms with Gasteiger partial charge in [0.15, 0.2) is 5.69 Å². The number of carbonyl (C=O) groups is 1. The maximum atomic E-state index is 12.8. The molecule has 1 unspecified atom stereocenters. The summed E-state index contributed by atoms with van der Waals surface area (Å²) in [5.74, 6) is 0.441. The van der Waals surface area contributed by atoms with E-state index in [-0.39, 0.29) is 12.5 Å². The van der Waals surface area contributed by atoms with E-state index in [4.69, 9.17) is 9.47 Å². The van der Waals surface area contributed by atoms with Gasteiger partial charge in [0.05, 0.1) is 19.8 Å². The molecule has 32 heavy (non-hydrogen) atoms. The van der Waals surface area contributed by atoms with E-state index in [1.165, 1.54) is 4.90 Å². The number of nitrogens with zero attached hydrogens (tertiary/aromatic N) is 4. The molecule has 8 nitrogen and oxygen atoms in total. The molecule has 4 rings (SSSR count). The Bertz CT molecular complexity index is 1040. The molecule has 0 radical (unpaired) electrons. The zero-order chi connectivity index (χ0) is 22.5. The van der Waals surface area contributed by atoms with Gasteiger partial charge in [-0.2, -0.15) is 5.10 Å². The SMILES string of the molecule is CN(C)C(=O)c1nn(Cc2ccccc2)c2c(OCC(O)CN3CCOCC3)cccc12. The lowest BCUT2D eigenvalue weighted by Gasteiger charge is -2.28. The van der Waals surface area contributed by atoms with E-state index >= 15 is 0 Å². The molecule has 1 aliphatic rings. The second kappa shape index (κ2) is 10.1. The maximum absolute atomic E-state index is 12.8. The van der Waals surface area contributed by atoms with E-state index in [2.05, 4.69) is 10.00 Å². The summed E-state index contributed by atoms with van der Waals surface area (Å²) in [6.45, 7) is 4.20. The quantitative estimate of drug-likeness (QED) is 0.578. The monoisotopic (exact) mass is 438 g/mol. The number of fused-ring (bicyclic) bond motifs is 1. The summed E-state index contributed by atoms with van der Waals surface area (Å²) in [5.41, 5.74) is 2.21. The van der Waals surface area contributed by atoms with Gasteiger partial charge in [0, 0.05) is 39.1 Å². The second-order valence-electron chi connectivity index (χ2n) is 8.22. The molecule has 1 aliphatic heterocycles. The van der Waals surface area contributed by atoms with Crippen LogP contribution in [0.15, 0.2) is 48.5 Å². The van der Waals surface area contributed by atoms with E-state index in [0.717, 1.165) is 29.6 Å². The van der Waals surface area contributed by atoms with Crippen LogP contribution in [0.2, 0.25) is 0 Å². The number of hydrogen-bond donors (Lipinski definition) is 1. The number of aromatic nitrogens is 2. The number of para-hydroxylation sites is 1. The Morgan fingerprint density at radius 3 is 2.62 bits per heavy atom. The van der Waals surface area contributed by atoms with Crippen LogP contribution in [0.1, 0.15) is 16.1 Å². The molecule has 0 aliphatic carbocycles. The first-order chi connectivity index (χ1) is 15.5. The molecule has 1 aromatic heterocycles. The lowest BCUT2D eigenvalue weighted by atomic mass is 10.1. The number of ether oxygens (including phenoxy) is 2. The van der Waals surface area contributed by atoms with Gasteiger partial charge < -0.3 is 19.5 Å². The van der Waals surface area contributed by atoms with E-state index in [0.29, 0.717) is 37.7 Å². The number of aliphatic hydroxyl groups excluding tert-OH is 1. The first-order valence-corrected chi connectivity index (χ1v) is 10.9. The summed E-state index contributed by atoms with van der Waals surface area (Å²) >= 11 is 0. The number of aliphatic hydroxyl groups is 1. The van der Waals surface area contributed by atoms with Gasteiger partial charge in [0.25, 0.3) is 5.91 Å². The molecule has 2 heterocycles. The van der Waals surface area contributed by atoms with E-state index in [9.17, 15) is 9.90 Å². The van der Waals surface area contributed by atoms with E-state index in [1.807, 2.05) is 53.2 Å². The molecule has 1 saturated heterocycles. The van der Waals surface area contributed by atoms with Crippen molar-refractivity contribution < 1.29 is 19.4 Å². The fourth-order valence-corrected chi connectivity index (χ4v) is 3.88. The molecule has 2 aromatic carbocycles. The van der Waals surface area contributed by atoms with Crippen molar-refractivity contribution in [3.63, 3.8) is 0 Å². The molecule has 170 valence electrons. The summed E-state index contributed by atoms with van der Waals surface area (Å²) < 4.78 is 13.2. The molecular weight excluding hydrogens is 408 g/mol. The summed E-state index contributed by atoms with van der Waals surface area (Å²) in [6.07, 6.45) is -0.628. The third-order valence-electron chi connectivity index (χ3n) is 5.52. The molecule has 1 atom stereocenters. The number of rotatable bonds is 8. The number of hydrogen-bond acceptors (Lipinski definition) is 6. The number of β-amino-alcohol motifs (C(OH)–C–C–N with tert-alkyl or cyclic N) is 1. The van der Waals surface area contributed by atoms with Crippen molar-refractivity contribution in [2.75, 3.05) is 53.6 Å². The Labute approximate surface area is 187 Å². The predicted molar refractivity (Wildman–Crippen MR) is 122 cm³/mol. The number of carbonyl (C=O) groups excluding carboxylic acids is 1. The Hall–Kier alpha value is -2.94. The van der Waals surface area contributed by atoms with Crippen LogP contribution in [-0.4, -0.2) is 90.2 Å². The van der Waals surface area contributed by atoms with Gasteiger partial charge in [0.2, 0.25) is 0 Å². The molecule has 1 amide bonds. The Morgan fingerprint density at radius 1 is 1.16 bits per heavy atom. The second-order valence-corrected chi connectivity index (χ2v) is 8.22. The van der Waals surface area contributed by atoms with E-state index < -0.39 is 6.10 Å². The number of benzene rings is 2. The first kappa shape index (κ1) is 22.3. The highest BCUT2D eigenvalue weighted by atomic mass is 16.5. The lowest BCUT2D eigenvalue weighted by Crippen LogP contribution is -2.42. The predicted octanol–water partition coefficient (Wildman–Crippen LogP) is 1.86. The molecule has 0 bridgehead atoms. The van der Waals surface area contributed by atoms with Crippen molar-refractivity contribution in [1.82, 2.24) is 19.6 Å². The summed E-state index contributed by atoms with van der Waals surface area (Å²) in [7, 11) is 3.43. The van der Waals surface area contributed by atoms with Crippen LogP contribution in [0.4, 0.5) is 0 Å². The third kappa shape index (κ3) is 5.09. The average Bonchev–Trinajstić information content (AvgIpc) is 3.17. The summed E-state index contributed by atoms with van der Waals surface area (Å²) in [4.78, 5) is 16.5. The smallest absolute Gasteiger partial charge is 0.274 e. The highest BCUT2D eigenvalue weighted by molar-refractivity contribution is 6.06. The summed E-state index contributed by atoms with van der Waals surface area (Å²) in [5, 5.41) is 15.9. The lowest BCUT2D eigenvalue weighted by molar-refractivity contribution is 0.00476. The van der Waals surface area contributed by atoms with Gasteiger partial charge in [-0.25, -0.2) is 0 Å². The normalized spacial score (nSPS) is 15.6. The van der Waals surface area contributed by atoms with Crippen LogP contribution in [0.3, 0.4) is 0 Å². The van der Waals surface area contributed by atoms with Crippen LogP contribution >= 0.6 is 0 Å². The van der Waals surface area contributed by atoms with Gasteiger partial charge in [-0.15, -0.1) is 0 Å². The zero-order valence-electron chi connectivity index (χ0n) is 18.6. The minimum absolute atomic E-state index is 0.157. The number of morpholine rings is 1. The Balaban J connectivity index is 1.60. The Kier molecular flexibility index (Phi) is 7.04. The van der Waals surface area contributed by atoms with Crippen molar-refractivity contribution in [3.05, 3.63) is 59.8 Å². The summed E-state index contributed by atoms with van der Waals surface area (Å²) in [6, 6.07) is 15.6. The van der Waals surface area contributed by atoms with E-state index in [1.54, 1.807) is 14.1 Å². The molecule has 0 saturated carbocycles. The first-order valence-electron chi connectivity index (χ1n) is 10.9. The van der Waals surface area contributed by atoms with Gasteiger partial charge in [-0.3, -0.25) is 14.4 Å². The van der Waals surface area contributed by atoms with Crippen molar-refractivity contribution in [3.8, 4) is 5.75 Å². The zero-order valence-corrected chi connectivity index (χ0v) is 18.6. The maximum Gasteiger partial charge on any atom is 0.274 e. The molecule has 1 N–H and O–H groups in total.